The Labute approximate surface area is 172 Å². The second-order valence-corrected chi connectivity index (χ2v) is 7.76. The minimum absolute atomic E-state index is 0.0258. The lowest BCUT2D eigenvalue weighted by atomic mass is 9.89. The number of hydrogen-bond donors (Lipinski definition) is 0. The van der Waals surface area contributed by atoms with Crippen molar-refractivity contribution in [1.29, 1.82) is 0 Å². The van der Waals surface area contributed by atoms with Gasteiger partial charge in [-0.2, -0.15) is 0 Å². The maximum absolute atomic E-state index is 12.9. The van der Waals surface area contributed by atoms with Gasteiger partial charge in [-0.05, 0) is 37.1 Å². The van der Waals surface area contributed by atoms with Crippen molar-refractivity contribution < 1.29 is 9.59 Å². The molecule has 2 aliphatic rings. The van der Waals surface area contributed by atoms with E-state index in [1.54, 1.807) is 0 Å². The summed E-state index contributed by atoms with van der Waals surface area (Å²) in [6, 6.07) is 15.8. The number of pyridine rings is 1. The molecule has 0 N–H and O–H groups in total. The molecule has 29 heavy (non-hydrogen) atoms. The highest BCUT2D eigenvalue weighted by molar-refractivity contribution is 6.01. The fourth-order valence-corrected chi connectivity index (χ4v) is 4.26. The highest BCUT2D eigenvalue weighted by Crippen LogP contribution is 2.28. The average Bonchev–Trinajstić information content (AvgIpc) is 2.78. The summed E-state index contributed by atoms with van der Waals surface area (Å²) in [5.74, 6) is 0.786. The smallest absolute Gasteiger partial charge is 0.236 e. The fraction of sp³-hybridized carbons (Fsp3) is 0.435. The molecule has 1 unspecified atom stereocenters. The van der Waals surface area contributed by atoms with Crippen LogP contribution in [0.4, 0.5) is 5.82 Å². The van der Waals surface area contributed by atoms with E-state index in [0.717, 1.165) is 50.5 Å². The van der Waals surface area contributed by atoms with Gasteiger partial charge in [0.2, 0.25) is 11.8 Å². The van der Waals surface area contributed by atoms with Gasteiger partial charge >= 0.3 is 0 Å². The number of benzene rings is 1. The van der Waals surface area contributed by atoms with Gasteiger partial charge in [-0.1, -0.05) is 36.4 Å². The molecule has 1 aromatic carbocycles. The van der Waals surface area contributed by atoms with Gasteiger partial charge in [0, 0.05) is 45.3 Å². The van der Waals surface area contributed by atoms with Crippen LogP contribution in [0.2, 0.25) is 0 Å². The molecule has 6 nitrogen and oxygen atoms in total. The topological polar surface area (TPSA) is 56.8 Å². The van der Waals surface area contributed by atoms with Crippen LogP contribution in [0.25, 0.3) is 0 Å². The number of carbonyl (C=O) groups is 2. The minimum Gasteiger partial charge on any atom is -0.354 e. The second kappa shape index (κ2) is 9.18. The molecule has 3 heterocycles. The zero-order valence-corrected chi connectivity index (χ0v) is 16.7. The van der Waals surface area contributed by atoms with Gasteiger partial charge in [0.15, 0.2) is 0 Å². The number of piperidine rings is 1. The summed E-state index contributed by atoms with van der Waals surface area (Å²) >= 11 is 0. The zero-order valence-electron chi connectivity index (χ0n) is 16.7. The number of nitrogens with zero attached hydrogens (tertiary/aromatic N) is 4. The van der Waals surface area contributed by atoms with Gasteiger partial charge in [0.25, 0.3) is 0 Å². The van der Waals surface area contributed by atoms with Crippen LogP contribution < -0.4 is 4.90 Å². The van der Waals surface area contributed by atoms with Crippen LogP contribution in [0, 0.1) is 0 Å². The van der Waals surface area contributed by atoms with Gasteiger partial charge in [-0.25, -0.2) is 4.98 Å². The predicted octanol–water partition coefficient (Wildman–Crippen LogP) is 2.53. The maximum atomic E-state index is 12.9. The molecule has 6 heteroatoms. The fourth-order valence-electron chi connectivity index (χ4n) is 4.26. The van der Waals surface area contributed by atoms with Gasteiger partial charge in [-0.3, -0.25) is 19.4 Å². The molecule has 0 saturated carbocycles. The van der Waals surface area contributed by atoms with Crippen molar-refractivity contribution in [3.05, 3.63) is 60.3 Å². The van der Waals surface area contributed by atoms with E-state index in [-0.39, 0.29) is 17.7 Å². The van der Waals surface area contributed by atoms with E-state index in [1.807, 2.05) is 54.7 Å². The Morgan fingerprint density at radius 3 is 2.38 bits per heavy atom. The first kappa shape index (κ1) is 19.6. The van der Waals surface area contributed by atoms with Crippen molar-refractivity contribution in [2.45, 2.75) is 25.2 Å². The van der Waals surface area contributed by atoms with Crippen molar-refractivity contribution in [2.24, 2.45) is 0 Å². The second-order valence-electron chi connectivity index (χ2n) is 7.76. The van der Waals surface area contributed by atoms with Gasteiger partial charge < -0.3 is 4.90 Å². The lowest BCUT2D eigenvalue weighted by Crippen LogP contribution is -2.48. The van der Waals surface area contributed by atoms with Crippen molar-refractivity contribution in [3.63, 3.8) is 0 Å². The molecule has 4 rings (SSSR count). The van der Waals surface area contributed by atoms with Crippen LogP contribution in [0.3, 0.4) is 0 Å². The summed E-state index contributed by atoms with van der Waals surface area (Å²) in [7, 11) is 0. The number of piperazine rings is 1. The number of aromatic nitrogens is 1. The van der Waals surface area contributed by atoms with E-state index in [9.17, 15) is 9.59 Å². The quantitative estimate of drug-likeness (QED) is 0.707. The third kappa shape index (κ3) is 4.65. The Balaban J connectivity index is 1.26. The average molecular weight is 393 g/mol. The van der Waals surface area contributed by atoms with Crippen LogP contribution in [0.15, 0.2) is 54.7 Å². The summed E-state index contributed by atoms with van der Waals surface area (Å²) < 4.78 is 0. The number of imide groups is 1. The Morgan fingerprint density at radius 2 is 1.66 bits per heavy atom. The molecule has 152 valence electrons. The van der Waals surface area contributed by atoms with Crippen LogP contribution >= 0.6 is 0 Å². The Morgan fingerprint density at radius 1 is 0.897 bits per heavy atom. The summed E-state index contributed by atoms with van der Waals surface area (Å²) in [5.41, 5.74) is 1.01. The standard InChI is InChI=1S/C23H28N4O2/c28-22-11-10-20(19-7-2-1-3-8-19)23(29)27(22)14-6-13-25-15-17-26(18-16-25)21-9-4-5-12-24-21/h1-5,7-9,12,20H,6,10-11,13-18H2. The summed E-state index contributed by atoms with van der Waals surface area (Å²) in [6.45, 7) is 5.28. The molecule has 0 radical (unpaired) electrons. The van der Waals surface area contributed by atoms with Gasteiger partial charge in [-0.15, -0.1) is 0 Å². The number of hydrogen-bond acceptors (Lipinski definition) is 5. The molecule has 1 atom stereocenters. The van der Waals surface area contributed by atoms with E-state index in [1.165, 1.54) is 4.90 Å². The van der Waals surface area contributed by atoms with E-state index < -0.39 is 0 Å². The Kier molecular flexibility index (Phi) is 6.20. The minimum atomic E-state index is -0.184. The van der Waals surface area contributed by atoms with Crippen molar-refractivity contribution in [1.82, 2.24) is 14.8 Å². The first-order valence-corrected chi connectivity index (χ1v) is 10.5. The summed E-state index contributed by atoms with van der Waals surface area (Å²) in [4.78, 5) is 35.9. The number of amides is 2. The van der Waals surface area contributed by atoms with E-state index >= 15 is 0 Å². The molecule has 0 bridgehead atoms. The molecular weight excluding hydrogens is 364 g/mol. The first-order chi connectivity index (χ1) is 14.2. The van der Waals surface area contributed by atoms with Crippen LogP contribution in [-0.4, -0.2) is 65.9 Å². The van der Waals surface area contributed by atoms with Crippen LogP contribution in [-0.2, 0) is 9.59 Å². The highest BCUT2D eigenvalue weighted by Gasteiger charge is 2.34. The molecule has 0 aliphatic carbocycles. The Bertz CT molecular complexity index is 819. The van der Waals surface area contributed by atoms with Gasteiger partial charge in [0.1, 0.15) is 5.82 Å². The molecule has 2 fully saturated rings. The molecule has 2 aromatic rings. The molecular formula is C23H28N4O2. The number of rotatable bonds is 6. The predicted molar refractivity (Wildman–Crippen MR) is 113 cm³/mol. The molecule has 2 aliphatic heterocycles. The van der Waals surface area contributed by atoms with Crippen molar-refractivity contribution in [2.75, 3.05) is 44.2 Å². The summed E-state index contributed by atoms with van der Waals surface area (Å²) in [5, 5.41) is 0. The lowest BCUT2D eigenvalue weighted by molar-refractivity contribution is -0.149. The van der Waals surface area contributed by atoms with Crippen LogP contribution in [0.1, 0.15) is 30.7 Å². The molecule has 2 saturated heterocycles. The van der Waals surface area contributed by atoms with Crippen molar-refractivity contribution >= 4 is 17.6 Å². The normalized spacial score (nSPS) is 20.9. The monoisotopic (exact) mass is 392 g/mol. The number of carbonyl (C=O) groups excluding carboxylic acids is 2. The van der Waals surface area contributed by atoms with Gasteiger partial charge in [0.05, 0.1) is 5.92 Å². The highest BCUT2D eigenvalue weighted by atomic mass is 16.2. The third-order valence-corrected chi connectivity index (χ3v) is 5.92. The zero-order chi connectivity index (χ0) is 20.1. The van der Waals surface area contributed by atoms with E-state index in [0.29, 0.717) is 19.4 Å². The largest absolute Gasteiger partial charge is 0.354 e. The maximum Gasteiger partial charge on any atom is 0.236 e. The first-order valence-electron chi connectivity index (χ1n) is 10.5. The lowest BCUT2D eigenvalue weighted by Gasteiger charge is -2.36. The van der Waals surface area contributed by atoms with E-state index in [4.69, 9.17) is 0 Å². The number of likely N-dealkylation sites (tertiary alicyclic amines) is 1. The summed E-state index contributed by atoms with van der Waals surface area (Å²) in [6.07, 6.45) is 3.72. The van der Waals surface area contributed by atoms with E-state index in [2.05, 4.69) is 14.8 Å². The van der Waals surface area contributed by atoms with Crippen molar-refractivity contribution in [3.8, 4) is 0 Å². The van der Waals surface area contributed by atoms with Crippen LogP contribution in [0.5, 0.6) is 0 Å². The Hall–Kier alpha value is -2.73. The molecule has 1 aromatic heterocycles. The number of anilines is 1. The molecule has 2 amide bonds. The third-order valence-electron chi connectivity index (χ3n) is 5.92. The molecule has 0 spiro atoms. The SMILES string of the molecule is O=C1CCC(c2ccccc2)C(=O)N1CCCN1CCN(c2ccccn2)CC1.